The Labute approximate surface area is 141 Å². The summed E-state index contributed by atoms with van der Waals surface area (Å²) in [6.07, 6.45) is 0. The number of hydrogen-bond donors (Lipinski definition) is 1. The van der Waals surface area contributed by atoms with Crippen LogP contribution in [0.25, 0.3) is 11.3 Å². The molecule has 0 fully saturated rings. The Hall–Kier alpha value is -2.73. The van der Waals surface area contributed by atoms with Crippen LogP contribution in [0.15, 0.2) is 47.0 Å². The molecule has 1 amide bonds. The van der Waals surface area contributed by atoms with Crippen molar-refractivity contribution in [3.05, 3.63) is 70.4 Å². The molecule has 0 aliphatic carbocycles. The lowest BCUT2D eigenvalue weighted by atomic mass is 10.0. The molecule has 1 N–H and O–H groups in total. The van der Waals surface area contributed by atoms with Crippen molar-refractivity contribution in [2.45, 2.75) is 6.92 Å². The van der Waals surface area contributed by atoms with Crippen molar-refractivity contribution in [3.8, 4) is 11.3 Å². The van der Waals surface area contributed by atoms with Crippen LogP contribution >= 0.6 is 11.6 Å². The summed E-state index contributed by atoms with van der Waals surface area (Å²) in [6, 6.07) is 9.69. The maximum Gasteiger partial charge on any atom is 0.261 e. The van der Waals surface area contributed by atoms with Crippen LogP contribution in [0.2, 0.25) is 5.02 Å². The number of amides is 1. The predicted octanol–water partition coefficient (Wildman–Crippen LogP) is 4.83. The fraction of sp³-hybridized carbons (Fsp3) is 0.0588. The van der Waals surface area contributed by atoms with E-state index < -0.39 is 17.5 Å². The molecule has 24 heavy (non-hydrogen) atoms. The van der Waals surface area contributed by atoms with E-state index in [-0.39, 0.29) is 22.6 Å². The SMILES string of the molecule is Cc1onc(-c2ccc(F)cc2F)c1C(=O)Nc1ccccc1Cl. The van der Waals surface area contributed by atoms with Crippen LogP contribution in [-0.2, 0) is 0 Å². The Balaban J connectivity index is 2.01. The molecule has 4 nitrogen and oxygen atoms in total. The Kier molecular flexibility index (Phi) is 4.31. The van der Waals surface area contributed by atoms with Crippen molar-refractivity contribution in [3.63, 3.8) is 0 Å². The molecular weight excluding hydrogens is 338 g/mol. The van der Waals surface area contributed by atoms with E-state index in [2.05, 4.69) is 10.5 Å². The van der Waals surface area contributed by atoms with Gasteiger partial charge in [0.2, 0.25) is 0 Å². The number of hydrogen-bond acceptors (Lipinski definition) is 3. The molecule has 3 rings (SSSR count). The molecule has 0 aliphatic heterocycles. The zero-order valence-corrected chi connectivity index (χ0v) is 13.2. The highest BCUT2D eigenvalue weighted by atomic mass is 35.5. The molecule has 0 radical (unpaired) electrons. The normalized spacial score (nSPS) is 10.7. The number of para-hydroxylation sites is 1. The summed E-state index contributed by atoms with van der Waals surface area (Å²) >= 11 is 6.01. The third-order valence-electron chi connectivity index (χ3n) is 3.40. The average molecular weight is 349 g/mol. The van der Waals surface area contributed by atoms with E-state index in [9.17, 15) is 13.6 Å². The molecule has 0 aliphatic rings. The Morgan fingerprint density at radius 3 is 2.67 bits per heavy atom. The average Bonchev–Trinajstić information content (AvgIpc) is 2.91. The lowest BCUT2D eigenvalue weighted by Crippen LogP contribution is -2.14. The van der Waals surface area contributed by atoms with Crippen molar-refractivity contribution in [1.82, 2.24) is 5.16 Å². The summed E-state index contributed by atoms with van der Waals surface area (Å²) in [5.74, 6) is -1.91. The van der Waals surface area contributed by atoms with E-state index in [1.54, 1.807) is 24.3 Å². The van der Waals surface area contributed by atoms with Gasteiger partial charge in [-0.1, -0.05) is 28.9 Å². The summed E-state index contributed by atoms with van der Waals surface area (Å²) in [5, 5.41) is 6.71. The van der Waals surface area contributed by atoms with Crippen LogP contribution in [0.3, 0.4) is 0 Å². The van der Waals surface area contributed by atoms with Crippen LogP contribution in [0.1, 0.15) is 16.1 Å². The maximum absolute atomic E-state index is 14.0. The first kappa shape index (κ1) is 16.1. The minimum absolute atomic E-state index is 0.00504. The number of aryl methyl sites for hydroxylation is 1. The number of carbonyl (C=O) groups excluding carboxylic acids is 1. The highest BCUT2D eigenvalue weighted by molar-refractivity contribution is 6.34. The molecule has 0 unspecified atom stereocenters. The fourth-order valence-corrected chi connectivity index (χ4v) is 2.44. The first-order valence-electron chi connectivity index (χ1n) is 6.95. The molecule has 122 valence electrons. The van der Waals surface area contributed by atoms with Crippen LogP contribution in [0, 0.1) is 18.6 Å². The predicted molar refractivity (Wildman–Crippen MR) is 86.0 cm³/mol. The molecule has 2 aromatic carbocycles. The lowest BCUT2D eigenvalue weighted by molar-refractivity contribution is 0.102. The second-order valence-corrected chi connectivity index (χ2v) is 5.43. The third kappa shape index (κ3) is 3.00. The summed E-state index contributed by atoms with van der Waals surface area (Å²) in [5.41, 5.74) is 0.419. The highest BCUT2D eigenvalue weighted by Crippen LogP contribution is 2.29. The van der Waals surface area contributed by atoms with Gasteiger partial charge in [-0.2, -0.15) is 0 Å². The lowest BCUT2D eigenvalue weighted by Gasteiger charge is -2.07. The van der Waals surface area contributed by atoms with Gasteiger partial charge in [0.05, 0.1) is 10.7 Å². The number of halogens is 3. The van der Waals surface area contributed by atoms with E-state index in [4.69, 9.17) is 16.1 Å². The molecule has 7 heteroatoms. The molecule has 3 aromatic rings. The van der Waals surface area contributed by atoms with Crippen molar-refractivity contribution < 1.29 is 18.1 Å². The van der Waals surface area contributed by atoms with Crippen molar-refractivity contribution in [2.24, 2.45) is 0 Å². The van der Waals surface area contributed by atoms with Crippen LogP contribution < -0.4 is 5.32 Å². The van der Waals surface area contributed by atoms with Gasteiger partial charge >= 0.3 is 0 Å². The second kappa shape index (κ2) is 6.41. The topological polar surface area (TPSA) is 55.1 Å². The number of carbonyl (C=O) groups is 1. The van der Waals surface area contributed by atoms with Gasteiger partial charge in [0.15, 0.2) is 0 Å². The van der Waals surface area contributed by atoms with Crippen LogP contribution in [-0.4, -0.2) is 11.1 Å². The molecule has 0 atom stereocenters. The molecule has 0 saturated carbocycles. The van der Waals surface area contributed by atoms with E-state index in [0.717, 1.165) is 12.1 Å². The molecule has 0 saturated heterocycles. The van der Waals surface area contributed by atoms with Gasteiger partial charge in [0, 0.05) is 11.6 Å². The van der Waals surface area contributed by atoms with Crippen LogP contribution in [0.5, 0.6) is 0 Å². The van der Waals surface area contributed by atoms with Gasteiger partial charge in [-0.05, 0) is 31.2 Å². The fourth-order valence-electron chi connectivity index (χ4n) is 2.25. The zero-order chi connectivity index (χ0) is 17.3. The molecule has 0 spiro atoms. The number of nitrogens with zero attached hydrogens (tertiary/aromatic N) is 1. The third-order valence-corrected chi connectivity index (χ3v) is 3.73. The minimum atomic E-state index is -0.838. The first-order chi connectivity index (χ1) is 11.5. The molecular formula is C17H11ClF2N2O2. The number of benzene rings is 2. The van der Waals surface area contributed by atoms with Gasteiger partial charge in [0.1, 0.15) is 28.7 Å². The summed E-state index contributed by atoms with van der Waals surface area (Å²) in [4.78, 5) is 12.6. The standard InChI is InChI=1S/C17H11ClF2N2O2/c1-9-15(17(23)21-14-5-3-2-4-12(14)18)16(22-24-9)11-7-6-10(19)8-13(11)20/h2-8H,1H3,(H,21,23). The first-order valence-corrected chi connectivity index (χ1v) is 7.32. The largest absolute Gasteiger partial charge is 0.360 e. The number of rotatable bonds is 3. The Morgan fingerprint density at radius 2 is 1.96 bits per heavy atom. The number of aromatic nitrogens is 1. The maximum atomic E-state index is 14.0. The monoisotopic (exact) mass is 348 g/mol. The van der Waals surface area contributed by atoms with Gasteiger partial charge < -0.3 is 9.84 Å². The van der Waals surface area contributed by atoms with Gasteiger partial charge in [-0.3, -0.25) is 4.79 Å². The minimum Gasteiger partial charge on any atom is -0.360 e. The van der Waals surface area contributed by atoms with Crippen molar-refractivity contribution in [2.75, 3.05) is 5.32 Å². The summed E-state index contributed by atoms with van der Waals surface area (Å²) in [6.45, 7) is 1.53. The van der Waals surface area contributed by atoms with E-state index in [1.807, 2.05) is 0 Å². The molecule has 1 aromatic heterocycles. The van der Waals surface area contributed by atoms with Gasteiger partial charge in [-0.25, -0.2) is 8.78 Å². The van der Waals surface area contributed by atoms with E-state index in [1.165, 1.54) is 13.0 Å². The van der Waals surface area contributed by atoms with Crippen molar-refractivity contribution >= 4 is 23.2 Å². The number of anilines is 1. The highest BCUT2D eigenvalue weighted by Gasteiger charge is 2.24. The summed E-state index contributed by atoms with van der Waals surface area (Å²) < 4.78 is 32.1. The van der Waals surface area contributed by atoms with Gasteiger partial charge in [-0.15, -0.1) is 0 Å². The Morgan fingerprint density at radius 1 is 1.21 bits per heavy atom. The summed E-state index contributed by atoms with van der Waals surface area (Å²) in [7, 11) is 0. The van der Waals surface area contributed by atoms with E-state index >= 15 is 0 Å². The van der Waals surface area contributed by atoms with Gasteiger partial charge in [0.25, 0.3) is 5.91 Å². The quantitative estimate of drug-likeness (QED) is 0.737. The van der Waals surface area contributed by atoms with Crippen LogP contribution in [0.4, 0.5) is 14.5 Å². The zero-order valence-electron chi connectivity index (χ0n) is 12.4. The van der Waals surface area contributed by atoms with E-state index in [0.29, 0.717) is 10.7 Å². The smallest absolute Gasteiger partial charge is 0.261 e. The number of nitrogens with one attached hydrogen (secondary N) is 1. The Bertz CT molecular complexity index is 925. The second-order valence-electron chi connectivity index (χ2n) is 5.02. The molecule has 0 bridgehead atoms. The molecule has 1 heterocycles. The van der Waals surface area contributed by atoms with Crippen molar-refractivity contribution in [1.29, 1.82) is 0 Å².